The lowest BCUT2D eigenvalue weighted by Crippen LogP contribution is -2.31. The summed E-state index contributed by atoms with van der Waals surface area (Å²) in [6.07, 6.45) is 0.0605. The molecule has 4 rings (SSSR count). The third-order valence-corrected chi connectivity index (χ3v) is 5.94. The Morgan fingerprint density at radius 2 is 1.42 bits per heavy atom. The zero-order chi connectivity index (χ0) is 21.8. The summed E-state index contributed by atoms with van der Waals surface area (Å²) in [6, 6.07) is 26.3. The molecule has 0 saturated carbocycles. The second-order valence-electron chi connectivity index (χ2n) is 7.45. The highest BCUT2D eigenvalue weighted by Crippen LogP contribution is 2.39. The maximum absolute atomic E-state index is 13.4. The van der Waals surface area contributed by atoms with Crippen LogP contribution in [0.4, 0.5) is 5.69 Å². The standard InChI is InChI=1S/C26H23NO3S/c1-18(2)30-22-15-13-20(14-16-22)23-24(31-17-19-9-5-3-6-10-19)26(29)27(25(23)28)21-11-7-4-8-12-21/h3-16,18H,17H2,1-2H3. The molecule has 0 aromatic heterocycles. The van der Waals surface area contributed by atoms with Crippen LogP contribution in [0, 0.1) is 0 Å². The van der Waals surface area contributed by atoms with Gasteiger partial charge in [0.2, 0.25) is 0 Å². The van der Waals surface area contributed by atoms with Gasteiger partial charge in [0.1, 0.15) is 5.75 Å². The highest BCUT2D eigenvalue weighted by atomic mass is 32.2. The van der Waals surface area contributed by atoms with Gasteiger partial charge in [-0.1, -0.05) is 60.7 Å². The first kappa shape index (κ1) is 20.9. The monoisotopic (exact) mass is 429 g/mol. The van der Waals surface area contributed by atoms with Gasteiger partial charge in [-0.15, -0.1) is 11.8 Å². The molecule has 0 atom stereocenters. The maximum Gasteiger partial charge on any atom is 0.272 e. The molecule has 2 amide bonds. The van der Waals surface area contributed by atoms with Crippen molar-refractivity contribution in [3.8, 4) is 5.75 Å². The Morgan fingerprint density at radius 1 is 0.806 bits per heavy atom. The maximum atomic E-state index is 13.4. The van der Waals surface area contributed by atoms with Crippen molar-refractivity contribution in [3.05, 3.63) is 101 Å². The summed E-state index contributed by atoms with van der Waals surface area (Å²) in [5.41, 5.74) is 2.82. The summed E-state index contributed by atoms with van der Waals surface area (Å²) in [7, 11) is 0. The van der Waals surface area contributed by atoms with E-state index >= 15 is 0 Å². The highest BCUT2D eigenvalue weighted by molar-refractivity contribution is 8.03. The van der Waals surface area contributed by atoms with Crippen LogP contribution in [0.1, 0.15) is 25.0 Å². The molecular weight excluding hydrogens is 406 g/mol. The first-order valence-corrected chi connectivity index (χ1v) is 11.1. The molecule has 5 heteroatoms. The van der Waals surface area contributed by atoms with Gasteiger partial charge in [-0.3, -0.25) is 9.59 Å². The van der Waals surface area contributed by atoms with Crippen molar-refractivity contribution in [3.63, 3.8) is 0 Å². The van der Waals surface area contributed by atoms with Crippen LogP contribution in [-0.4, -0.2) is 17.9 Å². The Kier molecular flexibility index (Phi) is 6.23. The van der Waals surface area contributed by atoms with Crippen molar-refractivity contribution in [2.45, 2.75) is 25.7 Å². The third kappa shape index (κ3) is 4.57. The zero-order valence-corrected chi connectivity index (χ0v) is 18.3. The van der Waals surface area contributed by atoms with Gasteiger partial charge < -0.3 is 4.74 Å². The molecule has 0 bridgehead atoms. The summed E-state index contributed by atoms with van der Waals surface area (Å²) in [6.45, 7) is 3.93. The average Bonchev–Trinajstić information content (AvgIpc) is 3.03. The van der Waals surface area contributed by atoms with Gasteiger partial charge in [0, 0.05) is 5.75 Å². The summed E-state index contributed by atoms with van der Waals surface area (Å²) >= 11 is 1.40. The Balaban J connectivity index is 1.70. The van der Waals surface area contributed by atoms with Crippen LogP contribution in [0.15, 0.2) is 89.8 Å². The van der Waals surface area contributed by atoms with Gasteiger partial charge in [-0.05, 0) is 49.2 Å². The van der Waals surface area contributed by atoms with Crippen molar-refractivity contribution in [1.29, 1.82) is 0 Å². The smallest absolute Gasteiger partial charge is 0.272 e. The van der Waals surface area contributed by atoms with E-state index in [1.165, 1.54) is 16.7 Å². The molecule has 1 aliphatic rings. The average molecular weight is 430 g/mol. The van der Waals surface area contributed by atoms with E-state index in [1.54, 1.807) is 12.1 Å². The SMILES string of the molecule is CC(C)Oc1ccc(C2=C(SCc3ccccc3)C(=O)N(c3ccccc3)C2=O)cc1. The number of anilines is 1. The summed E-state index contributed by atoms with van der Waals surface area (Å²) in [4.78, 5) is 28.5. The molecule has 1 aliphatic heterocycles. The number of rotatable bonds is 7. The number of hydrogen-bond acceptors (Lipinski definition) is 4. The van der Waals surface area contributed by atoms with E-state index in [2.05, 4.69) is 0 Å². The van der Waals surface area contributed by atoms with Gasteiger partial charge in [0.05, 0.1) is 22.3 Å². The number of carbonyl (C=O) groups excluding carboxylic acids is 2. The minimum absolute atomic E-state index is 0.0605. The van der Waals surface area contributed by atoms with Gasteiger partial charge in [-0.25, -0.2) is 4.90 Å². The molecule has 0 saturated heterocycles. The lowest BCUT2D eigenvalue weighted by Gasteiger charge is -2.15. The quantitative estimate of drug-likeness (QED) is 0.453. The predicted molar refractivity (Wildman–Crippen MR) is 126 cm³/mol. The molecule has 0 N–H and O–H groups in total. The van der Waals surface area contributed by atoms with E-state index in [9.17, 15) is 9.59 Å². The highest BCUT2D eigenvalue weighted by Gasteiger charge is 2.40. The van der Waals surface area contributed by atoms with Crippen molar-refractivity contribution in [2.75, 3.05) is 4.90 Å². The third-order valence-electron chi connectivity index (χ3n) is 4.80. The van der Waals surface area contributed by atoms with Gasteiger partial charge in [0.15, 0.2) is 0 Å². The van der Waals surface area contributed by atoms with Crippen LogP contribution in [0.5, 0.6) is 5.75 Å². The second-order valence-corrected chi connectivity index (χ2v) is 8.44. The van der Waals surface area contributed by atoms with Crippen molar-refractivity contribution < 1.29 is 14.3 Å². The summed E-state index contributed by atoms with van der Waals surface area (Å²) < 4.78 is 5.72. The van der Waals surface area contributed by atoms with Crippen LogP contribution in [0.25, 0.3) is 5.57 Å². The van der Waals surface area contributed by atoms with Crippen molar-refractivity contribution in [2.24, 2.45) is 0 Å². The van der Waals surface area contributed by atoms with Gasteiger partial charge in [-0.2, -0.15) is 0 Å². The van der Waals surface area contributed by atoms with Crippen molar-refractivity contribution in [1.82, 2.24) is 0 Å². The lowest BCUT2D eigenvalue weighted by atomic mass is 10.1. The summed E-state index contributed by atoms with van der Waals surface area (Å²) in [5.74, 6) is 0.754. The number of benzene rings is 3. The molecule has 0 aliphatic carbocycles. The summed E-state index contributed by atoms with van der Waals surface area (Å²) in [5, 5.41) is 0. The molecule has 3 aromatic rings. The first-order valence-electron chi connectivity index (χ1n) is 10.2. The number of hydrogen-bond donors (Lipinski definition) is 0. The number of thioether (sulfide) groups is 1. The van der Waals surface area contributed by atoms with E-state index in [4.69, 9.17) is 4.74 Å². The molecule has 3 aromatic carbocycles. The molecular formula is C26H23NO3S. The fourth-order valence-electron chi connectivity index (χ4n) is 3.41. The van der Waals surface area contributed by atoms with E-state index in [-0.39, 0.29) is 17.9 Å². The number of nitrogens with zero attached hydrogens (tertiary/aromatic N) is 1. The van der Waals surface area contributed by atoms with E-state index in [1.807, 2.05) is 86.6 Å². The molecule has 0 fully saturated rings. The molecule has 0 spiro atoms. The Labute approximate surface area is 186 Å². The Bertz CT molecular complexity index is 1110. The van der Waals surface area contributed by atoms with Crippen LogP contribution >= 0.6 is 11.8 Å². The number of para-hydroxylation sites is 1. The Hall–Kier alpha value is -3.31. The molecule has 4 nitrogen and oxygen atoms in total. The van der Waals surface area contributed by atoms with Gasteiger partial charge in [0.25, 0.3) is 11.8 Å². The second kappa shape index (κ2) is 9.23. The van der Waals surface area contributed by atoms with Crippen molar-refractivity contribution >= 4 is 34.8 Å². The van der Waals surface area contributed by atoms with Crippen LogP contribution in [0.3, 0.4) is 0 Å². The van der Waals surface area contributed by atoms with E-state index < -0.39 is 0 Å². The van der Waals surface area contributed by atoms with Crippen LogP contribution < -0.4 is 9.64 Å². The topological polar surface area (TPSA) is 46.6 Å². The normalized spacial score (nSPS) is 14.0. The molecule has 156 valence electrons. The number of amides is 2. The molecule has 0 unspecified atom stereocenters. The van der Waals surface area contributed by atoms with E-state index in [0.29, 0.717) is 27.5 Å². The Morgan fingerprint density at radius 3 is 2.03 bits per heavy atom. The predicted octanol–water partition coefficient (Wildman–Crippen LogP) is 5.69. The number of carbonyl (C=O) groups is 2. The minimum atomic E-state index is -0.302. The largest absolute Gasteiger partial charge is 0.491 e. The van der Waals surface area contributed by atoms with Crippen LogP contribution in [0.2, 0.25) is 0 Å². The number of imide groups is 1. The molecule has 31 heavy (non-hydrogen) atoms. The molecule has 0 radical (unpaired) electrons. The lowest BCUT2D eigenvalue weighted by molar-refractivity contribution is -0.119. The van der Waals surface area contributed by atoms with E-state index in [0.717, 1.165) is 11.3 Å². The zero-order valence-electron chi connectivity index (χ0n) is 17.4. The number of ether oxygens (including phenoxy) is 1. The first-order chi connectivity index (χ1) is 15.0. The fourth-order valence-corrected chi connectivity index (χ4v) is 4.48. The molecule has 1 heterocycles. The fraction of sp³-hybridized carbons (Fsp3) is 0.154. The van der Waals surface area contributed by atoms with Gasteiger partial charge >= 0.3 is 0 Å². The minimum Gasteiger partial charge on any atom is -0.491 e. The van der Waals surface area contributed by atoms with Crippen LogP contribution in [-0.2, 0) is 15.3 Å².